The molecule has 1 aromatic heterocycles. The van der Waals surface area contributed by atoms with E-state index in [9.17, 15) is 9.90 Å². The monoisotopic (exact) mass is 286 g/mol. The van der Waals surface area contributed by atoms with Crippen LogP contribution in [0, 0.1) is 5.92 Å². The molecule has 0 spiro atoms. The number of aromatic hydroxyl groups is 1. The van der Waals surface area contributed by atoms with E-state index in [1.165, 1.54) is 6.26 Å². The number of phenols is 1. The molecule has 0 saturated heterocycles. The third-order valence-electron chi connectivity index (χ3n) is 3.53. The third-order valence-corrected chi connectivity index (χ3v) is 3.53. The van der Waals surface area contributed by atoms with Crippen molar-refractivity contribution in [3.8, 4) is 5.75 Å². The number of phenolic OH excluding ortho intramolecular Hbond substituents is 1. The van der Waals surface area contributed by atoms with E-state index < -0.39 is 12.1 Å². The van der Waals surface area contributed by atoms with Crippen LogP contribution in [-0.4, -0.2) is 16.2 Å². The summed E-state index contributed by atoms with van der Waals surface area (Å²) in [6.07, 6.45) is 2.61. The lowest BCUT2D eigenvalue weighted by molar-refractivity contribution is -0.138. The van der Waals surface area contributed by atoms with Crippen LogP contribution in [0.15, 0.2) is 53.3 Å². The van der Waals surface area contributed by atoms with E-state index in [1.807, 2.05) is 0 Å². The van der Waals surface area contributed by atoms with Gasteiger partial charge in [-0.25, -0.2) is 0 Å². The molecule has 0 saturated carbocycles. The molecule has 2 unspecified atom stereocenters. The first-order valence-corrected chi connectivity index (χ1v) is 6.55. The molecule has 2 aromatic rings. The number of ether oxygens (including phenoxy) is 1. The van der Waals surface area contributed by atoms with Crippen LogP contribution in [0.1, 0.15) is 23.8 Å². The van der Waals surface area contributed by atoms with Gasteiger partial charge in [0.25, 0.3) is 0 Å². The summed E-state index contributed by atoms with van der Waals surface area (Å²) >= 11 is 0. The van der Waals surface area contributed by atoms with Crippen molar-refractivity contribution in [2.75, 3.05) is 0 Å². The van der Waals surface area contributed by atoms with E-state index in [1.54, 1.807) is 42.7 Å². The van der Waals surface area contributed by atoms with Gasteiger partial charge >= 0.3 is 5.97 Å². The predicted octanol–water partition coefficient (Wildman–Crippen LogP) is 3.19. The predicted molar refractivity (Wildman–Crippen MR) is 74.4 cm³/mol. The molecule has 108 valence electrons. The Morgan fingerprint density at radius 1 is 1.19 bits per heavy atom. The molecule has 0 fully saturated rings. The molecular weight excluding hydrogens is 272 g/mol. The summed E-state index contributed by atoms with van der Waals surface area (Å²) in [4.78, 5) is 11.1. The highest BCUT2D eigenvalue weighted by Crippen LogP contribution is 2.44. The summed E-state index contributed by atoms with van der Waals surface area (Å²) in [6.45, 7) is 0. The van der Waals surface area contributed by atoms with Gasteiger partial charge in [-0.15, -0.1) is 0 Å². The molecule has 2 N–H and O–H groups in total. The minimum atomic E-state index is -0.897. The number of hydrogen-bond donors (Lipinski definition) is 2. The molecule has 0 aliphatic carbocycles. The van der Waals surface area contributed by atoms with Gasteiger partial charge in [-0.3, -0.25) is 4.79 Å². The first-order valence-electron chi connectivity index (χ1n) is 6.55. The maximum Gasteiger partial charge on any atom is 0.304 e. The summed E-state index contributed by atoms with van der Waals surface area (Å²) in [5.41, 5.74) is 1.62. The Morgan fingerprint density at radius 3 is 2.57 bits per heavy atom. The van der Waals surface area contributed by atoms with Crippen molar-refractivity contribution in [2.45, 2.75) is 12.5 Å². The summed E-state index contributed by atoms with van der Waals surface area (Å²) in [5, 5.41) is 18.5. The van der Waals surface area contributed by atoms with Gasteiger partial charge in [0, 0.05) is 11.5 Å². The number of carboxylic acids is 1. The summed E-state index contributed by atoms with van der Waals surface area (Å²) in [5.74, 6) is -0.466. The SMILES string of the molecule is O=C(O)CC1C(c2ccc(O)cc2)=COC1c1ccco1. The fourth-order valence-electron chi connectivity index (χ4n) is 2.55. The van der Waals surface area contributed by atoms with E-state index in [0.717, 1.165) is 11.1 Å². The van der Waals surface area contributed by atoms with Crippen LogP contribution >= 0.6 is 0 Å². The van der Waals surface area contributed by atoms with E-state index in [0.29, 0.717) is 5.76 Å². The molecule has 21 heavy (non-hydrogen) atoms. The zero-order valence-electron chi connectivity index (χ0n) is 11.1. The normalized spacial score (nSPS) is 20.9. The first kappa shape index (κ1) is 13.3. The molecule has 0 amide bonds. The summed E-state index contributed by atoms with van der Waals surface area (Å²) in [7, 11) is 0. The zero-order chi connectivity index (χ0) is 14.8. The maximum absolute atomic E-state index is 11.1. The van der Waals surface area contributed by atoms with Gasteiger partial charge in [0.2, 0.25) is 0 Å². The van der Waals surface area contributed by atoms with Gasteiger partial charge in [-0.2, -0.15) is 0 Å². The molecule has 2 atom stereocenters. The number of rotatable bonds is 4. The van der Waals surface area contributed by atoms with Gasteiger partial charge in [-0.1, -0.05) is 12.1 Å². The van der Waals surface area contributed by atoms with Crippen molar-refractivity contribution < 1.29 is 24.2 Å². The summed E-state index contributed by atoms with van der Waals surface area (Å²) < 4.78 is 11.0. The standard InChI is InChI=1S/C16H14O5/c17-11-5-3-10(4-6-11)13-9-21-16(12(13)8-15(18)19)14-2-1-7-20-14/h1-7,9,12,16-17H,8H2,(H,18,19). The minimum Gasteiger partial charge on any atom is -0.508 e. The lowest BCUT2D eigenvalue weighted by atomic mass is 9.87. The Hall–Kier alpha value is -2.69. The van der Waals surface area contributed by atoms with Crippen LogP contribution in [0.4, 0.5) is 0 Å². The van der Waals surface area contributed by atoms with Crippen molar-refractivity contribution in [1.29, 1.82) is 0 Å². The molecule has 3 rings (SSSR count). The number of carbonyl (C=O) groups is 1. The van der Waals surface area contributed by atoms with Crippen molar-refractivity contribution in [1.82, 2.24) is 0 Å². The van der Waals surface area contributed by atoms with Crippen LogP contribution in [-0.2, 0) is 9.53 Å². The highest BCUT2D eigenvalue weighted by molar-refractivity contribution is 5.76. The Balaban J connectivity index is 1.92. The van der Waals surface area contributed by atoms with Gasteiger partial charge in [0.15, 0.2) is 6.10 Å². The quantitative estimate of drug-likeness (QED) is 0.902. The Kier molecular flexibility index (Phi) is 3.39. The van der Waals surface area contributed by atoms with Crippen molar-refractivity contribution in [3.63, 3.8) is 0 Å². The fourth-order valence-corrected chi connectivity index (χ4v) is 2.55. The Morgan fingerprint density at radius 2 is 1.95 bits per heavy atom. The minimum absolute atomic E-state index is 0.0575. The number of benzene rings is 1. The second-order valence-corrected chi connectivity index (χ2v) is 4.90. The number of furan rings is 1. The molecular formula is C16H14O5. The molecule has 5 nitrogen and oxygen atoms in total. The second kappa shape index (κ2) is 5.36. The number of carboxylic acid groups (broad SMARTS) is 1. The molecule has 1 aliphatic rings. The van der Waals surface area contributed by atoms with Gasteiger partial charge < -0.3 is 19.4 Å². The number of aliphatic carboxylic acids is 1. The van der Waals surface area contributed by atoms with Crippen LogP contribution in [0.2, 0.25) is 0 Å². The van der Waals surface area contributed by atoms with Gasteiger partial charge in [0.05, 0.1) is 18.9 Å². The van der Waals surface area contributed by atoms with Crippen LogP contribution in [0.3, 0.4) is 0 Å². The van der Waals surface area contributed by atoms with E-state index in [2.05, 4.69) is 0 Å². The lowest BCUT2D eigenvalue weighted by Crippen LogP contribution is -2.14. The van der Waals surface area contributed by atoms with Crippen molar-refractivity contribution in [2.24, 2.45) is 5.92 Å². The first-order chi connectivity index (χ1) is 10.1. The van der Waals surface area contributed by atoms with Crippen LogP contribution in [0.25, 0.3) is 5.57 Å². The van der Waals surface area contributed by atoms with E-state index in [4.69, 9.17) is 14.3 Å². The topological polar surface area (TPSA) is 79.9 Å². The Bertz CT molecular complexity index is 654. The Labute approximate surface area is 121 Å². The molecule has 2 heterocycles. The molecule has 0 bridgehead atoms. The third kappa shape index (κ3) is 2.63. The smallest absolute Gasteiger partial charge is 0.304 e. The highest BCUT2D eigenvalue weighted by Gasteiger charge is 2.36. The molecule has 1 aromatic carbocycles. The van der Waals surface area contributed by atoms with Gasteiger partial charge in [0.1, 0.15) is 11.5 Å². The van der Waals surface area contributed by atoms with E-state index >= 15 is 0 Å². The van der Waals surface area contributed by atoms with Crippen LogP contribution < -0.4 is 0 Å². The average molecular weight is 286 g/mol. The highest BCUT2D eigenvalue weighted by atomic mass is 16.5. The van der Waals surface area contributed by atoms with Crippen molar-refractivity contribution >= 4 is 11.5 Å². The second-order valence-electron chi connectivity index (χ2n) is 4.90. The molecule has 5 heteroatoms. The largest absolute Gasteiger partial charge is 0.508 e. The van der Waals surface area contributed by atoms with Crippen molar-refractivity contribution in [3.05, 3.63) is 60.2 Å². The number of hydrogen-bond acceptors (Lipinski definition) is 4. The van der Waals surface area contributed by atoms with Crippen LogP contribution in [0.5, 0.6) is 5.75 Å². The lowest BCUT2D eigenvalue weighted by Gasteiger charge is -2.18. The zero-order valence-corrected chi connectivity index (χ0v) is 11.1. The molecule has 1 aliphatic heterocycles. The summed E-state index contributed by atoms with van der Waals surface area (Å²) in [6, 6.07) is 10.1. The van der Waals surface area contributed by atoms with Gasteiger partial charge in [-0.05, 0) is 29.8 Å². The maximum atomic E-state index is 11.1. The fraction of sp³-hybridized carbons (Fsp3) is 0.188. The van der Waals surface area contributed by atoms with E-state index in [-0.39, 0.29) is 18.1 Å². The molecule has 0 radical (unpaired) electrons. The average Bonchev–Trinajstić information content (AvgIpc) is 3.08.